The van der Waals surface area contributed by atoms with Crippen molar-refractivity contribution in [3.63, 3.8) is 0 Å². The van der Waals surface area contributed by atoms with E-state index >= 15 is 0 Å². The maximum absolute atomic E-state index is 11.8. The molecular weight excluding hydrogens is 326 g/mol. The van der Waals surface area contributed by atoms with E-state index in [1.165, 1.54) is 11.3 Å². The molecule has 2 aromatic rings. The quantitative estimate of drug-likeness (QED) is 0.883. The lowest BCUT2D eigenvalue weighted by Crippen LogP contribution is -2.32. The Bertz CT molecular complexity index is 796. The maximum Gasteiger partial charge on any atom is 0.407 e. The number of hydrogen-bond donors (Lipinski definition) is 1. The summed E-state index contributed by atoms with van der Waals surface area (Å²) in [6, 6.07) is 10.6. The molecule has 5 heteroatoms. The van der Waals surface area contributed by atoms with E-state index in [4.69, 9.17) is 4.74 Å². The summed E-state index contributed by atoms with van der Waals surface area (Å²) in [5, 5.41) is 2.78. The predicted molar refractivity (Wildman–Crippen MR) is 104 cm³/mol. The Morgan fingerprint density at radius 2 is 2.08 bits per heavy atom. The van der Waals surface area contributed by atoms with Gasteiger partial charge in [0.15, 0.2) is 0 Å². The van der Waals surface area contributed by atoms with E-state index in [1.807, 2.05) is 27.0 Å². The van der Waals surface area contributed by atoms with Crippen LogP contribution in [0.1, 0.15) is 43.9 Å². The number of carbonyl (C=O) groups excluding carboxylic acids is 1. The van der Waals surface area contributed by atoms with Crippen molar-refractivity contribution in [1.29, 1.82) is 0 Å². The number of aromatic nitrogens is 1. The van der Waals surface area contributed by atoms with Gasteiger partial charge in [-0.3, -0.25) is 0 Å². The summed E-state index contributed by atoms with van der Waals surface area (Å²) in [6.07, 6.45) is 3.66. The number of para-hydroxylation sites is 1. The standard InChI is InChI=1S/C21H27N3O2/c1-15-12-16(14-23-20(25)26-21(2,3)4)13-22-19(15)24-11-7-9-17-8-5-6-10-18(17)24/h5-6,8,10,12-13H,7,9,11,14H2,1-4H3,(H,23,25). The number of hydrogen-bond acceptors (Lipinski definition) is 4. The van der Waals surface area contributed by atoms with Crippen LogP contribution in [0.5, 0.6) is 0 Å². The smallest absolute Gasteiger partial charge is 0.407 e. The molecule has 0 bridgehead atoms. The fourth-order valence-electron chi connectivity index (χ4n) is 3.25. The first-order valence-electron chi connectivity index (χ1n) is 9.11. The number of aryl methyl sites for hydroxylation is 2. The van der Waals surface area contributed by atoms with Gasteiger partial charge in [0.05, 0.1) is 0 Å². The lowest BCUT2D eigenvalue weighted by Gasteiger charge is -2.31. The van der Waals surface area contributed by atoms with Crippen LogP contribution < -0.4 is 10.2 Å². The van der Waals surface area contributed by atoms with E-state index in [-0.39, 0.29) is 0 Å². The Morgan fingerprint density at radius 3 is 2.81 bits per heavy atom. The molecule has 0 saturated heterocycles. The third-order valence-corrected chi connectivity index (χ3v) is 4.31. The lowest BCUT2D eigenvalue weighted by molar-refractivity contribution is 0.0523. The highest BCUT2D eigenvalue weighted by atomic mass is 16.6. The van der Waals surface area contributed by atoms with Gasteiger partial charge in [-0.2, -0.15) is 0 Å². The molecule has 1 aromatic carbocycles. The minimum Gasteiger partial charge on any atom is -0.444 e. The van der Waals surface area contributed by atoms with E-state index in [1.54, 1.807) is 0 Å². The molecule has 138 valence electrons. The molecule has 1 N–H and O–H groups in total. The summed E-state index contributed by atoms with van der Waals surface area (Å²) >= 11 is 0. The molecule has 0 radical (unpaired) electrons. The molecule has 2 heterocycles. The normalized spacial score (nSPS) is 13.9. The number of nitrogens with zero attached hydrogens (tertiary/aromatic N) is 2. The Kier molecular flexibility index (Phi) is 5.16. The first kappa shape index (κ1) is 18.2. The van der Waals surface area contributed by atoms with Crippen molar-refractivity contribution >= 4 is 17.6 Å². The van der Waals surface area contributed by atoms with Crippen LogP contribution >= 0.6 is 0 Å². The number of carbonyl (C=O) groups is 1. The fourth-order valence-corrected chi connectivity index (χ4v) is 3.25. The topological polar surface area (TPSA) is 54.5 Å². The number of rotatable bonds is 3. The Balaban J connectivity index is 1.72. The second-order valence-corrected chi connectivity index (χ2v) is 7.72. The number of benzene rings is 1. The van der Waals surface area contributed by atoms with Gasteiger partial charge in [-0.1, -0.05) is 18.2 Å². The van der Waals surface area contributed by atoms with Crippen LogP contribution in [0.2, 0.25) is 0 Å². The van der Waals surface area contributed by atoms with Gasteiger partial charge in [-0.15, -0.1) is 0 Å². The van der Waals surface area contributed by atoms with Gasteiger partial charge in [-0.25, -0.2) is 9.78 Å². The van der Waals surface area contributed by atoms with Crippen LogP contribution in [0.15, 0.2) is 36.5 Å². The number of fused-ring (bicyclic) bond motifs is 1. The highest BCUT2D eigenvalue weighted by molar-refractivity contribution is 5.68. The first-order valence-corrected chi connectivity index (χ1v) is 9.11. The maximum atomic E-state index is 11.8. The predicted octanol–water partition coefficient (Wildman–Crippen LogP) is 4.50. The second-order valence-electron chi connectivity index (χ2n) is 7.72. The number of alkyl carbamates (subject to hydrolysis) is 1. The molecule has 5 nitrogen and oxygen atoms in total. The van der Waals surface area contributed by atoms with Gasteiger partial charge in [0.1, 0.15) is 11.4 Å². The molecule has 1 aliphatic heterocycles. The Labute approximate surface area is 155 Å². The number of pyridine rings is 1. The van der Waals surface area contributed by atoms with Gasteiger partial charge >= 0.3 is 6.09 Å². The minimum absolute atomic E-state index is 0.402. The SMILES string of the molecule is Cc1cc(CNC(=O)OC(C)(C)C)cnc1N1CCCc2ccccc21. The number of nitrogens with one attached hydrogen (secondary N) is 1. The molecule has 0 spiro atoms. The zero-order valence-electron chi connectivity index (χ0n) is 16.0. The van der Waals surface area contributed by atoms with Crippen LogP contribution in [-0.4, -0.2) is 23.2 Å². The number of ether oxygens (including phenoxy) is 1. The third-order valence-electron chi connectivity index (χ3n) is 4.31. The molecule has 0 saturated carbocycles. The van der Waals surface area contributed by atoms with Crippen molar-refractivity contribution in [2.75, 3.05) is 11.4 Å². The average Bonchev–Trinajstić information content (AvgIpc) is 2.58. The summed E-state index contributed by atoms with van der Waals surface area (Å²) in [5.41, 5.74) is 4.18. The van der Waals surface area contributed by atoms with E-state index in [2.05, 4.69) is 52.5 Å². The molecule has 0 atom stereocenters. The van der Waals surface area contributed by atoms with Gasteiger partial charge in [0.25, 0.3) is 0 Å². The van der Waals surface area contributed by atoms with Crippen LogP contribution in [0.25, 0.3) is 0 Å². The van der Waals surface area contributed by atoms with Gasteiger partial charge in [0, 0.05) is 25.0 Å². The minimum atomic E-state index is -0.496. The van der Waals surface area contributed by atoms with Crippen LogP contribution in [-0.2, 0) is 17.7 Å². The second kappa shape index (κ2) is 7.36. The first-order chi connectivity index (χ1) is 12.3. The van der Waals surface area contributed by atoms with Gasteiger partial charge in [-0.05, 0) is 69.4 Å². The van der Waals surface area contributed by atoms with E-state index in [0.717, 1.165) is 36.3 Å². The highest BCUT2D eigenvalue weighted by Crippen LogP contribution is 2.33. The van der Waals surface area contributed by atoms with Crippen molar-refractivity contribution in [3.8, 4) is 0 Å². The lowest BCUT2D eigenvalue weighted by atomic mass is 10.0. The highest BCUT2D eigenvalue weighted by Gasteiger charge is 2.20. The molecular formula is C21H27N3O2. The van der Waals surface area contributed by atoms with Crippen LogP contribution in [0.3, 0.4) is 0 Å². The summed E-state index contributed by atoms with van der Waals surface area (Å²) < 4.78 is 5.27. The number of anilines is 2. The fraction of sp³-hybridized carbons (Fsp3) is 0.429. The van der Waals surface area contributed by atoms with Crippen molar-refractivity contribution in [3.05, 3.63) is 53.2 Å². The summed E-state index contributed by atoms with van der Waals surface area (Å²) in [5.74, 6) is 0.984. The van der Waals surface area contributed by atoms with Crippen LogP contribution in [0, 0.1) is 6.92 Å². The zero-order valence-corrected chi connectivity index (χ0v) is 16.0. The molecule has 26 heavy (non-hydrogen) atoms. The van der Waals surface area contributed by atoms with Crippen molar-refractivity contribution < 1.29 is 9.53 Å². The van der Waals surface area contributed by atoms with E-state index in [0.29, 0.717) is 6.54 Å². The molecule has 1 aliphatic rings. The zero-order chi connectivity index (χ0) is 18.7. The Morgan fingerprint density at radius 1 is 1.31 bits per heavy atom. The molecule has 3 rings (SSSR count). The average molecular weight is 353 g/mol. The number of amides is 1. The van der Waals surface area contributed by atoms with Crippen molar-refractivity contribution in [2.45, 2.75) is 52.7 Å². The third kappa shape index (κ3) is 4.34. The molecule has 0 unspecified atom stereocenters. The monoisotopic (exact) mass is 353 g/mol. The summed E-state index contributed by atoms with van der Waals surface area (Å²) in [6.45, 7) is 8.99. The molecule has 1 aromatic heterocycles. The van der Waals surface area contributed by atoms with Gasteiger partial charge < -0.3 is 15.0 Å². The molecule has 1 amide bonds. The molecule has 0 aliphatic carbocycles. The summed E-state index contributed by atoms with van der Waals surface area (Å²) in [7, 11) is 0. The van der Waals surface area contributed by atoms with E-state index < -0.39 is 11.7 Å². The Hall–Kier alpha value is -2.56. The van der Waals surface area contributed by atoms with Crippen molar-refractivity contribution in [1.82, 2.24) is 10.3 Å². The molecule has 0 fully saturated rings. The van der Waals surface area contributed by atoms with E-state index in [9.17, 15) is 4.79 Å². The van der Waals surface area contributed by atoms with Gasteiger partial charge in [0.2, 0.25) is 0 Å². The van der Waals surface area contributed by atoms with Crippen LogP contribution in [0.4, 0.5) is 16.3 Å². The van der Waals surface area contributed by atoms with Crippen molar-refractivity contribution in [2.24, 2.45) is 0 Å². The summed E-state index contributed by atoms with van der Waals surface area (Å²) in [4.78, 5) is 18.8. The largest absolute Gasteiger partial charge is 0.444 e.